The average molecular weight is 291 g/mol. The lowest BCUT2D eigenvalue weighted by Crippen LogP contribution is -2.18. The smallest absolute Gasteiger partial charge is 0.233 e. The van der Waals surface area contributed by atoms with Gasteiger partial charge < -0.3 is 10.1 Å². The van der Waals surface area contributed by atoms with E-state index >= 15 is 0 Å². The summed E-state index contributed by atoms with van der Waals surface area (Å²) in [7, 11) is 0. The third-order valence-electron chi connectivity index (χ3n) is 2.11. The molecule has 1 aromatic carbocycles. The van der Waals surface area contributed by atoms with Crippen molar-refractivity contribution < 1.29 is 9.53 Å². The van der Waals surface area contributed by atoms with Gasteiger partial charge in [-0.2, -0.15) is 0 Å². The van der Waals surface area contributed by atoms with Gasteiger partial charge in [-0.15, -0.1) is 12.4 Å². The molecule has 0 aromatic heterocycles. The minimum absolute atomic E-state index is 0. The van der Waals surface area contributed by atoms with Crippen LogP contribution in [0.1, 0.15) is 18.9 Å². The van der Waals surface area contributed by atoms with Crippen molar-refractivity contribution in [3.8, 4) is 0 Å². The molecule has 100 valence electrons. The SMILES string of the molecule is CCOC(=N)CC(=O)Nc1cccc(C)c1Cl.Cl. The highest BCUT2D eigenvalue weighted by atomic mass is 35.5. The largest absolute Gasteiger partial charge is 0.481 e. The molecule has 0 unspecified atom stereocenters. The molecule has 0 spiro atoms. The lowest BCUT2D eigenvalue weighted by Gasteiger charge is -2.09. The van der Waals surface area contributed by atoms with Crippen LogP contribution in [0.2, 0.25) is 5.02 Å². The first kappa shape index (κ1) is 16.7. The summed E-state index contributed by atoms with van der Waals surface area (Å²) >= 11 is 6.04. The summed E-state index contributed by atoms with van der Waals surface area (Å²) in [6.07, 6.45) is -0.0852. The second-order valence-corrected chi connectivity index (χ2v) is 3.90. The van der Waals surface area contributed by atoms with E-state index < -0.39 is 0 Å². The highest BCUT2D eigenvalue weighted by Gasteiger charge is 2.10. The first-order valence-electron chi connectivity index (χ1n) is 5.29. The fraction of sp³-hybridized carbons (Fsp3) is 0.333. The predicted octanol–water partition coefficient (Wildman–Crippen LogP) is 3.41. The molecule has 0 saturated heterocycles. The Kier molecular flexibility index (Phi) is 7.39. The highest BCUT2D eigenvalue weighted by molar-refractivity contribution is 6.34. The van der Waals surface area contributed by atoms with Gasteiger partial charge in [0.15, 0.2) is 5.90 Å². The summed E-state index contributed by atoms with van der Waals surface area (Å²) in [4.78, 5) is 11.6. The van der Waals surface area contributed by atoms with Crippen molar-refractivity contribution in [2.75, 3.05) is 11.9 Å². The van der Waals surface area contributed by atoms with E-state index in [1.807, 2.05) is 19.1 Å². The molecular formula is C12H16Cl2N2O2. The Bertz CT molecular complexity index is 436. The molecule has 6 heteroatoms. The zero-order valence-corrected chi connectivity index (χ0v) is 11.8. The molecule has 0 aliphatic carbocycles. The summed E-state index contributed by atoms with van der Waals surface area (Å²) < 4.78 is 4.89. The number of rotatable bonds is 4. The number of nitrogens with one attached hydrogen (secondary N) is 2. The van der Waals surface area contributed by atoms with E-state index in [4.69, 9.17) is 21.7 Å². The number of hydrogen-bond acceptors (Lipinski definition) is 3. The van der Waals surface area contributed by atoms with Crippen LogP contribution in [0.3, 0.4) is 0 Å². The van der Waals surface area contributed by atoms with Crippen LogP contribution in [0.4, 0.5) is 5.69 Å². The van der Waals surface area contributed by atoms with Crippen molar-refractivity contribution in [3.05, 3.63) is 28.8 Å². The fourth-order valence-corrected chi connectivity index (χ4v) is 1.48. The van der Waals surface area contributed by atoms with Crippen LogP contribution in [-0.4, -0.2) is 18.4 Å². The Morgan fingerprint density at radius 2 is 2.17 bits per heavy atom. The monoisotopic (exact) mass is 290 g/mol. The third kappa shape index (κ3) is 4.94. The van der Waals surface area contributed by atoms with E-state index in [-0.39, 0.29) is 30.6 Å². The quantitative estimate of drug-likeness (QED) is 0.659. The number of hydrogen-bond donors (Lipinski definition) is 2. The predicted molar refractivity (Wildman–Crippen MR) is 76.0 cm³/mol. The van der Waals surface area contributed by atoms with Gasteiger partial charge in [-0.3, -0.25) is 10.2 Å². The molecule has 0 heterocycles. The van der Waals surface area contributed by atoms with Gasteiger partial charge in [0, 0.05) is 0 Å². The number of anilines is 1. The van der Waals surface area contributed by atoms with E-state index in [1.165, 1.54) is 0 Å². The summed E-state index contributed by atoms with van der Waals surface area (Å²) in [6.45, 7) is 4.02. The van der Waals surface area contributed by atoms with Crippen LogP contribution in [0.25, 0.3) is 0 Å². The molecule has 0 aliphatic rings. The Balaban J connectivity index is 0.00000289. The first-order valence-corrected chi connectivity index (χ1v) is 5.67. The number of amides is 1. The summed E-state index contributed by atoms with van der Waals surface area (Å²) in [5.74, 6) is -0.357. The van der Waals surface area contributed by atoms with Crippen molar-refractivity contribution in [3.63, 3.8) is 0 Å². The minimum atomic E-state index is -0.309. The van der Waals surface area contributed by atoms with Gasteiger partial charge in [0.1, 0.15) is 6.42 Å². The van der Waals surface area contributed by atoms with Crippen molar-refractivity contribution in [1.82, 2.24) is 0 Å². The van der Waals surface area contributed by atoms with Crippen molar-refractivity contribution in [2.45, 2.75) is 20.3 Å². The maximum Gasteiger partial charge on any atom is 0.233 e. The lowest BCUT2D eigenvalue weighted by molar-refractivity contribution is -0.115. The lowest BCUT2D eigenvalue weighted by atomic mass is 10.2. The number of carbonyl (C=O) groups excluding carboxylic acids is 1. The number of aryl methyl sites for hydroxylation is 1. The van der Waals surface area contributed by atoms with E-state index in [1.54, 1.807) is 13.0 Å². The zero-order chi connectivity index (χ0) is 12.8. The Morgan fingerprint density at radius 1 is 1.50 bits per heavy atom. The van der Waals surface area contributed by atoms with E-state index in [0.717, 1.165) is 5.56 Å². The highest BCUT2D eigenvalue weighted by Crippen LogP contribution is 2.25. The topological polar surface area (TPSA) is 62.2 Å². The number of carbonyl (C=O) groups is 1. The molecule has 0 atom stereocenters. The van der Waals surface area contributed by atoms with Gasteiger partial charge >= 0.3 is 0 Å². The van der Waals surface area contributed by atoms with Crippen molar-refractivity contribution >= 4 is 41.5 Å². The van der Waals surface area contributed by atoms with E-state index in [2.05, 4.69) is 5.32 Å². The van der Waals surface area contributed by atoms with Gasteiger partial charge in [-0.05, 0) is 25.5 Å². The normalized spacial score (nSPS) is 9.28. The number of halogens is 2. The summed E-state index contributed by atoms with van der Waals surface area (Å²) in [6, 6.07) is 5.39. The molecule has 1 amide bonds. The Labute approximate surface area is 118 Å². The molecule has 0 radical (unpaired) electrons. The number of benzene rings is 1. The second kappa shape index (κ2) is 7.95. The molecule has 1 aromatic rings. The van der Waals surface area contributed by atoms with E-state index in [9.17, 15) is 4.79 Å². The van der Waals surface area contributed by atoms with Crippen LogP contribution in [0.5, 0.6) is 0 Å². The Morgan fingerprint density at radius 3 is 2.78 bits per heavy atom. The molecule has 0 saturated carbocycles. The van der Waals surface area contributed by atoms with Gasteiger partial charge in [0.05, 0.1) is 17.3 Å². The fourth-order valence-electron chi connectivity index (χ4n) is 1.31. The first-order chi connectivity index (χ1) is 8.04. The van der Waals surface area contributed by atoms with Crippen molar-refractivity contribution in [1.29, 1.82) is 5.41 Å². The summed E-state index contributed by atoms with van der Waals surface area (Å²) in [5.41, 5.74) is 1.45. The number of ether oxygens (including phenoxy) is 1. The van der Waals surface area contributed by atoms with Gasteiger partial charge in [0.2, 0.25) is 5.91 Å². The van der Waals surface area contributed by atoms with Crippen LogP contribution >= 0.6 is 24.0 Å². The standard InChI is InChI=1S/C12H15ClN2O2.ClH/c1-3-17-10(14)7-11(16)15-9-6-4-5-8(2)12(9)13;/h4-6,14H,3,7H2,1-2H3,(H,15,16);1H. The van der Waals surface area contributed by atoms with Crippen molar-refractivity contribution in [2.24, 2.45) is 0 Å². The minimum Gasteiger partial charge on any atom is -0.481 e. The zero-order valence-electron chi connectivity index (χ0n) is 10.2. The molecule has 1 rings (SSSR count). The molecular weight excluding hydrogens is 275 g/mol. The van der Waals surface area contributed by atoms with Crippen LogP contribution in [0, 0.1) is 12.3 Å². The van der Waals surface area contributed by atoms with Crippen LogP contribution in [-0.2, 0) is 9.53 Å². The van der Waals surface area contributed by atoms with E-state index in [0.29, 0.717) is 17.3 Å². The van der Waals surface area contributed by atoms with Crippen LogP contribution in [0.15, 0.2) is 18.2 Å². The maximum absolute atomic E-state index is 11.6. The molecule has 2 N–H and O–H groups in total. The Hall–Kier alpha value is -1.26. The second-order valence-electron chi connectivity index (χ2n) is 3.52. The molecule has 0 bridgehead atoms. The molecule has 4 nitrogen and oxygen atoms in total. The maximum atomic E-state index is 11.6. The van der Waals surface area contributed by atoms with Gasteiger partial charge in [-0.25, -0.2) is 0 Å². The molecule has 0 aliphatic heterocycles. The third-order valence-corrected chi connectivity index (χ3v) is 2.61. The van der Waals surface area contributed by atoms with Gasteiger partial charge in [0.25, 0.3) is 0 Å². The van der Waals surface area contributed by atoms with Crippen LogP contribution < -0.4 is 5.32 Å². The molecule has 18 heavy (non-hydrogen) atoms. The van der Waals surface area contributed by atoms with Gasteiger partial charge in [-0.1, -0.05) is 23.7 Å². The summed E-state index contributed by atoms with van der Waals surface area (Å²) in [5, 5.41) is 10.5. The average Bonchev–Trinajstić information content (AvgIpc) is 2.25. The molecule has 0 fully saturated rings.